The smallest absolute Gasteiger partial charge is 0.333 e. The van der Waals surface area contributed by atoms with Crippen molar-refractivity contribution in [3.05, 3.63) is 122 Å². The van der Waals surface area contributed by atoms with E-state index >= 15 is 4.39 Å². The van der Waals surface area contributed by atoms with Crippen LogP contribution in [0.3, 0.4) is 0 Å². The highest BCUT2D eigenvalue weighted by atomic mass is 35.5. The van der Waals surface area contributed by atoms with Gasteiger partial charge in [0, 0.05) is 36.7 Å². The normalized spacial score (nSPS) is 19.1. The summed E-state index contributed by atoms with van der Waals surface area (Å²) in [5, 5.41) is 0.143. The molecule has 6 nitrogen and oxygen atoms in total. The minimum atomic E-state index is -2.94. The van der Waals surface area contributed by atoms with E-state index in [2.05, 4.69) is 34.0 Å². The zero-order valence-electron chi connectivity index (χ0n) is 23.9. The van der Waals surface area contributed by atoms with Crippen LogP contribution in [-0.2, 0) is 4.74 Å². The summed E-state index contributed by atoms with van der Waals surface area (Å²) in [5.74, 6) is -0.988. The van der Waals surface area contributed by atoms with Gasteiger partial charge < -0.3 is 9.64 Å². The first-order valence-corrected chi connectivity index (χ1v) is 14.3. The molecule has 43 heavy (non-hydrogen) atoms. The summed E-state index contributed by atoms with van der Waals surface area (Å²) in [7, 11) is 0. The first kappa shape index (κ1) is 30.5. The second kappa shape index (κ2) is 12.7. The third-order valence-electron chi connectivity index (χ3n) is 7.78. The second-order valence-electron chi connectivity index (χ2n) is 10.8. The van der Waals surface area contributed by atoms with Gasteiger partial charge in [-0.05, 0) is 74.4 Å². The number of pyridine rings is 1. The van der Waals surface area contributed by atoms with E-state index in [1.165, 1.54) is 57.3 Å². The zero-order valence-corrected chi connectivity index (χ0v) is 24.7. The largest absolute Gasteiger partial charge is 0.345 e. The molecule has 5 rings (SSSR count). The standard InChI is InChI=1S/C33H31ClF3N3O3/c1-4-13-38-28(23-6-5-7-24(30(23)35)31(41)39-17-22(18-39)43-33(36)37)12-14-40-20(3)15-27(29(34)32(40)42)26-16-25(26)21-10-8-19(2)9-11-21/h4-15,22,25-26,33H,16-18H2,1-3H3/b13-4+,14-12+,38-28-. The van der Waals surface area contributed by atoms with Crippen LogP contribution in [0, 0.1) is 19.7 Å². The van der Waals surface area contributed by atoms with Gasteiger partial charge in [-0.3, -0.25) is 19.1 Å². The Kier molecular flexibility index (Phi) is 9.03. The van der Waals surface area contributed by atoms with Gasteiger partial charge >= 0.3 is 6.61 Å². The zero-order chi connectivity index (χ0) is 30.8. The maximum Gasteiger partial charge on any atom is 0.345 e. The number of halogens is 4. The molecule has 2 heterocycles. The van der Waals surface area contributed by atoms with E-state index in [4.69, 9.17) is 11.6 Å². The SMILES string of the molecule is C/C=C/N=C(/C=C/n1c(C)cc(C2CC2c2ccc(C)cc2)c(Cl)c1=O)c1cccc(C(=O)N2CC(OC(F)F)C2)c1F. The molecule has 2 aliphatic rings. The number of rotatable bonds is 9. The molecule has 0 spiro atoms. The molecule has 0 radical (unpaired) electrons. The van der Waals surface area contributed by atoms with Crippen molar-refractivity contribution >= 4 is 29.4 Å². The molecule has 2 atom stereocenters. The van der Waals surface area contributed by atoms with Crippen LogP contribution >= 0.6 is 11.6 Å². The number of hydrogen-bond donors (Lipinski definition) is 0. The lowest BCUT2D eigenvalue weighted by atomic mass is 10.0. The molecule has 1 aliphatic carbocycles. The molecule has 3 aromatic rings. The Morgan fingerprint density at radius 1 is 1.09 bits per heavy atom. The molecule has 2 fully saturated rings. The monoisotopic (exact) mass is 609 g/mol. The minimum Gasteiger partial charge on any atom is -0.333 e. The van der Waals surface area contributed by atoms with Crippen LogP contribution < -0.4 is 5.56 Å². The number of alkyl halides is 2. The Bertz CT molecular complexity index is 1680. The summed E-state index contributed by atoms with van der Waals surface area (Å²) >= 11 is 6.61. The van der Waals surface area contributed by atoms with Crippen molar-refractivity contribution in [3.63, 3.8) is 0 Å². The van der Waals surface area contributed by atoms with Gasteiger partial charge in [0.1, 0.15) is 10.8 Å². The molecule has 10 heteroatoms. The van der Waals surface area contributed by atoms with Crippen LogP contribution in [0.5, 0.6) is 0 Å². The van der Waals surface area contributed by atoms with E-state index in [1.54, 1.807) is 19.9 Å². The van der Waals surface area contributed by atoms with E-state index < -0.39 is 30.0 Å². The van der Waals surface area contributed by atoms with Crippen LogP contribution in [0.4, 0.5) is 13.2 Å². The number of carbonyl (C=O) groups is 1. The maximum atomic E-state index is 15.7. The lowest BCUT2D eigenvalue weighted by Crippen LogP contribution is -2.55. The van der Waals surface area contributed by atoms with E-state index in [-0.39, 0.29) is 40.9 Å². The molecule has 1 aliphatic heterocycles. The van der Waals surface area contributed by atoms with Gasteiger partial charge in [0.15, 0.2) is 0 Å². The Hall–Kier alpha value is -3.95. The van der Waals surface area contributed by atoms with Gasteiger partial charge in [-0.2, -0.15) is 8.78 Å². The van der Waals surface area contributed by atoms with Crippen LogP contribution in [0.2, 0.25) is 5.02 Å². The van der Waals surface area contributed by atoms with Gasteiger partial charge in [-0.15, -0.1) is 0 Å². The average Bonchev–Trinajstić information content (AvgIpc) is 3.75. The molecule has 1 amide bonds. The van der Waals surface area contributed by atoms with Gasteiger partial charge in [-0.1, -0.05) is 53.6 Å². The molecule has 0 bridgehead atoms. The summed E-state index contributed by atoms with van der Waals surface area (Å²) < 4.78 is 46.4. The first-order valence-electron chi connectivity index (χ1n) is 14.0. The van der Waals surface area contributed by atoms with Crippen molar-refractivity contribution in [2.75, 3.05) is 13.1 Å². The van der Waals surface area contributed by atoms with Crippen molar-refractivity contribution in [1.29, 1.82) is 0 Å². The molecular weight excluding hydrogens is 579 g/mol. The lowest BCUT2D eigenvalue weighted by molar-refractivity contribution is -0.189. The Morgan fingerprint density at radius 3 is 2.47 bits per heavy atom. The maximum absolute atomic E-state index is 15.7. The molecule has 224 valence electrons. The van der Waals surface area contributed by atoms with Gasteiger partial charge in [0.25, 0.3) is 11.5 Å². The number of amides is 1. The van der Waals surface area contributed by atoms with Crippen molar-refractivity contribution in [3.8, 4) is 0 Å². The summed E-state index contributed by atoms with van der Waals surface area (Å²) in [5.41, 5.74) is 3.46. The van der Waals surface area contributed by atoms with Crippen molar-refractivity contribution < 1.29 is 22.7 Å². The number of hydrogen-bond acceptors (Lipinski definition) is 4. The van der Waals surface area contributed by atoms with E-state index in [0.29, 0.717) is 11.6 Å². The van der Waals surface area contributed by atoms with Crippen molar-refractivity contribution in [2.45, 2.75) is 51.7 Å². The van der Waals surface area contributed by atoms with Gasteiger partial charge in [-0.25, -0.2) is 4.39 Å². The molecule has 1 saturated carbocycles. The minimum absolute atomic E-state index is 0.0356. The van der Waals surface area contributed by atoms with Crippen LogP contribution in [-0.4, -0.2) is 46.9 Å². The third kappa shape index (κ3) is 6.53. The highest BCUT2D eigenvalue weighted by Gasteiger charge is 2.41. The van der Waals surface area contributed by atoms with Crippen molar-refractivity contribution in [1.82, 2.24) is 9.47 Å². The highest BCUT2D eigenvalue weighted by Crippen LogP contribution is 2.55. The van der Waals surface area contributed by atoms with Gasteiger partial charge in [0.2, 0.25) is 0 Å². The van der Waals surface area contributed by atoms with E-state index in [9.17, 15) is 18.4 Å². The number of benzene rings is 2. The molecule has 1 saturated heterocycles. The highest BCUT2D eigenvalue weighted by molar-refractivity contribution is 6.31. The summed E-state index contributed by atoms with van der Waals surface area (Å²) in [6.45, 7) is 2.54. The molecule has 2 unspecified atom stereocenters. The predicted octanol–water partition coefficient (Wildman–Crippen LogP) is 7.09. The number of aryl methyl sites for hydroxylation is 2. The van der Waals surface area contributed by atoms with Gasteiger partial charge in [0.05, 0.1) is 17.4 Å². The topological polar surface area (TPSA) is 63.9 Å². The predicted molar refractivity (Wildman–Crippen MR) is 162 cm³/mol. The average molecular weight is 610 g/mol. The van der Waals surface area contributed by atoms with Crippen LogP contribution in [0.25, 0.3) is 6.20 Å². The molecule has 0 N–H and O–H groups in total. The molecule has 1 aromatic heterocycles. The lowest BCUT2D eigenvalue weighted by Gasteiger charge is -2.38. The van der Waals surface area contributed by atoms with Crippen LogP contribution in [0.1, 0.15) is 63.5 Å². The third-order valence-corrected chi connectivity index (χ3v) is 8.16. The summed E-state index contributed by atoms with van der Waals surface area (Å²) in [6.07, 6.45) is 6.22. The molecular formula is C33H31ClF3N3O3. The number of allylic oxidation sites excluding steroid dienone is 2. The second-order valence-corrected chi connectivity index (χ2v) is 11.2. The fourth-order valence-electron chi connectivity index (χ4n) is 5.33. The Labute approximate surface area is 252 Å². The fraction of sp³-hybridized carbons (Fsp3) is 0.303. The van der Waals surface area contributed by atoms with Crippen molar-refractivity contribution in [2.24, 2.45) is 4.99 Å². The number of carbonyl (C=O) groups excluding carboxylic acids is 1. The Balaban J connectivity index is 1.39. The number of ether oxygens (including phenoxy) is 1. The van der Waals surface area contributed by atoms with E-state index in [0.717, 1.165) is 12.0 Å². The summed E-state index contributed by atoms with van der Waals surface area (Å²) in [6, 6.07) is 14.6. The fourth-order valence-corrected chi connectivity index (χ4v) is 5.61. The number of aromatic nitrogens is 1. The number of likely N-dealkylation sites (tertiary alicyclic amines) is 1. The quantitative estimate of drug-likeness (QED) is 0.243. The molecule has 2 aromatic carbocycles. The summed E-state index contributed by atoms with van der Waals surface area (Å²) in [4.78, 5) is 31.8. The Morgan fingerprint density at radius 2 is 1.79 bits per heavy atom. The first-order chi connectivity index (χ1) is 20.6. The van der Waals surface area contributed by atoms with E-state index in [1.807, 2.05) is 13.0 Å². The van der Waals surface area contributed by atoms with Crippen LogP contribution in [0.15, 0.2) is 76.7 Å². The number of aliphatic imine (C=N–C) groups is 1. The number of nitrogens with zero attached hydrogens (tertiary/aromatic N) is 3.